The first kappa shape index (κ1) is 14.6. The number of nitrogens with zero attached hydrogens (tertiary/aromatic N) is 2. The molecule has 1 aliphatic heterocycles. The summed E-state index contributed by atoms with van der Waals surface area (Å²) in [6.07, 6.45) is 0. The van der Waals surface area contributed by atoms with Gasteiger partial charge in [-0.2, -0.15) is 0 Å². The molecule has 6 nitrogen and oxygen atoms in total. The molecule has 0 spiro atoms. The third-order valence-corrected chi connectivity index (χ3v) is 3.80. The van der Waals surface area contributed by atoms with Crippen LogP contribution in [0.5, 0.6) is 5.75 Å². The molecular formula is C16H18N2O4. The van der Waals surface area contributed by atoms with Crippen molar-refractivity contribution >= 4 is 5.97 Å². The van der Waals surface area contributed by atoms with Crippen molar-refractivity contribution in [2.75, 3.05) is 13.2 Å². The third-order valence-electron chi connectivity index (χ3n) is 3.80. The number of aryl methyl sites for hydroxylation is 2. The Balaban J connectivity index is 1.96. The minimum Gasteiger partial charge on any atom is -0.492 e. The van der Waals surface area contributed by atoms with Crippen LogP contribution in [0.3, 0.4) is 0 Å². The first-order chi connectivity index (χ1) is 10.6. The quantitative estimate of drug-likeness (QED) is 0.937. The van der Waals surface area contributed by atoms with E-state index in [1.807, 2.05) is 24.0 Å². The maximum Gasteiger partial charge on any atom is 0.325 e. The summed E-state index contributed by atoms with van der Waals surface area (Å²) in [5.74, 6) is 1.02. The number of fused-ring (bicyclic) bond motifs is 1. The molecule has 22 heavy (non-hydrogen) atoms. The van der Waals surface area contributed by atoms with Crippen LogP contribution < -0.4 is 4.74 Å². The Morgan fingerprint density at radius 2 is 2.18 bits per heavy atom. The summed E-state index contributed by atoms with van der Waals surface area (Å²) in [6.45, 7) is 4.98. The van der Waals surface area contributed by atoms with Gasteiger partial charge >= 0.3 is 5.97 Å². The van der Waals surface area contributed by atoms with Crippen LogP contribution in [0.15, 0.2) is 28.7 Å². The monoisotopic (exact) mass is 302 g/mol. The fourth-order valence-electron chi connectivity index (χ4n) is 2.80. The number of para-hydroxylation sites is 1. The van der Waals surface area contributed by atoms with E-state index in [-0.39, 0.29) is 0 Å². The molecule has 3 rings (SSSR count). The summed E-state index contributed by atoms with van der Waals surface area (Å²) < 4.78 is 11.3. The fraction of sp³-hybridized carbons (Fsp3) is 0.375. The van der Waals surface area contributed by atoms with Crippen LogP contribution in [0.25, 0.3) is 0 Å². The van der Waals surface area contributed by atoms with Gasteiger partial charge in [0.05, 0.1) is 12.2 Å². The highest BCUT2D eigenvalue weighted by Crippen LogP contribution is 2.33. The number of hydrogen-bond acceptors (Lipinski definition) is 5. The molecule has 1 aliphatic rings. The highest BCUT2D eigenvalue weighted by molar-refractivity contribution is 5.76. The molecule has 1 N–H and O–H groups in total. The van der Waals surface area contributed by atoms with Gasteiger partial charge < -0.3 is 14.3 Å². The van der Waals surface area contributed by atoms with Crippen LogP contribution in [0.4, 0.5) is 0 Å². The summed E-state index contributed by atoms with van der Waals surface area (Å²) in [4.78, 5) is 17.9. The normalized spacial score (nSPS) is 18.4. The van der Waals surface area contributed by atoms with Crippen LogP contribution in [0.1, 0.15) is 29.0 Å². The van der Waals surface area contributed by atoms with Gasteiger partial charge in [-0.3, -0.25) is 9.69 Å². The van der Waals surface area contributed by atoms with Gasteiger partial charge in [0.15, 0.2) is 5.89 Å². The number of rotatable bonds is 3. The van der Waals surface area contributed by atoms with Gasteiger partial charge in [0.2, 0.25) is 0 Å². The third kappa shape index (κ3) is 2.69. The van der Waals surface area contributed by atoms with Gasteiger partial charge in [-0.25, -0.2) is 4.98 Å². The van der Waals surface area contributed by atoms with Crippen molar-refractivity contribution in [3.8, 4) is 5.75 Å². The highest BCUT2D eigenvalue weighted by Gasteiger charge is 2.33. The van der Waals surface area contributed by atoms with Crippen LogP contribution in [-0.4, -0.2) is 34.1 Å². The number of aromatic nitrogens is 1. The van der Waals surface area contributed by atoms with Gasteiger partial charge in [0.1, 0.15) is 24.2 Å². The lowest BCUT2D eigenvalue weighted by atomic mass is 10.0. The van der Waals surface area contributed by atoms with E-state index in [9.17, 15) is 9.90 Å². The molecule has 0 aliphatic carbocycles. The predicted molar refractivity (Wildman–Crippen MR) is 78.7 cm³/mol. The van der Waals surface area contributed by atoms with Crippen molar-refractivity contribution in [3.63, 3.8) is 0 Å². The Labute approximate surface area is 128 Å². The first-order valence-electron chi connectivity index (χ1n) is 7.17. The van der Waals surface area contributed by atoms with Gasteiger partial charge in [0, 0.05) is 19.0 Å². The standard InChI is InChI=1S/C16H18N2O4/c1-10-14(22-11(2)17-10)9-18-7-8-21-13-6-4-3-5-12(13)15(18)16(19)20/h3-6,15H,7-9H2,1-2H3,(H,19,20). The molecular weight excluding hydrogens is 284 g/mol. The molecule has 0 saturated carbocycles. The summed E-state index contributed by atoms with van der Waals surface area (Å²) in [5, 5.41) is 9.69. The zero-order valence-electron chi connectivity index (χ0n) is 12.6. The van der Waals surface area contributed by atoms with E-state index in [4.69, 9.17) is 9.15 Å². The van der Waals surface area contributed by atoms with Gasteiger partial charge in [-0.05, 0) is 13.0 Å². The predicted octanol–water partition coefficient (Wildman–Crippen LogP) is 2.31. The second-order valence-electron chi connectivity index (χ2n) is 5.34. The van der Waals surface area contributed by atoms with Gasteiger partial charge in [-0.15, -0.1) is 0 Å². The zero-order chi connectivity index (χ0) is 15.7. The topological polar surface area (TPSA) is 75.8 Å². The van der Waals surface area contributed by atoms with Crippen molar-refractivity contribution in [3.05, 3.63) is 47.2 Å². The van der Waals surface area contributed by atoms with E-state index in [0.29, 0.717) is 42.7 Å². The van der Waals surface area contributed by atoms with Crippen molar-refractivity contribution in [1.29, 1.82) is 0 Å². The lowest BCUT2D eigenvalue weighted by Crippen LogP contribution is -2.34. The lowest BCUT2D eigenvalue weighted by molar-refractivity contribution is -0.143. The molecule has 1 aromatic heterocycles. The van der Waals surface area contributed by atoms with E-state index in [1.54, 1.807) is 19.1 Å². The van der Waals surface area contributed by atoms with E-state index < -0.39 is 12.0 Å². The summed E-state index contributed by atoms with van der Waals surface area (Å²) >= 11 is 0. The van der Waals surface area contributed by atoms with Crippen molar-refractivity contribution in [2.24, 2.45) is 0 Å². The molecule has 116 valence electrons. The Morgan fingerprint density at radius 3 is 2.86 bits per heavy atom. The number of carbonyl (C=O) groups is 1. The number of carboxylic acids is 1. The number of benzene rings is 1. The second-order valence-corrected chi connectivity index (χ2v) is 5.34. The Kier molecular flexibility index (Phi) is 3.85. The summed E-state index contributed by atoms with van der Waals surface area (Å²) in [5.41, 5.74) is 1.46. The molecule has 0 bridgehead atoms. The summed E-state index contributed by atoms with van der Waals surface area (Å²) in [7, 11) is 0. The zero-order valence-corrected chi connectivity index (χ0v) is 12.6. The molecule has 0 radical (unpaired) electrons. The number of oxazole rings is 1. The van der Waals surface area contributed by atoms with Crippen molar-refractivity contribution in [2.45, 2.75) is 26.4 Å². The average Bonchev–Trinajstić information content (AvgIpc) is 2.69. The smallest absolute Gasteiger partial charge is 0.325 e. The van der Waals surface area contributed by atoms with Gasteiger partial charge in [0.25, 0.3) is 0 Å². The molecule has 0 amide bonds. The van der Waals surface area contributed by atoms with Gasteiger partial charge in [-0.1, -0.05) is 18.2 Å². The molecule has 1 unspecified atom stereocenters. The van der Waals surface area contributed by atoms with Crippen molar-refractivity contribution in [1.82, 2.24) is 9.88 Å². The number of ether oxygens (including phenoxy) is 1. The molecule has 1 atom stereocenters. The minimum atomic E-state index is -0.896. The van der Waals surface area contributed by atoms with E-state index >= 15 is 0 Å². The largest absolute Gasteiger partial charge is 0.492 e. The summed E-state index contributed by atoms with van der Waals surface area (Å²) in [6, 6.07) is 6.51. The first-order valence-corrected chi connectivity index (χ1v) is 7.17. The number of carboxylic acid groups (broad SMARTS) is 1. The fourth-order valence-corrected chi connectivity index (χ4v) is 2.80. The van der Waals surface area contributed by atoms with Crippen molar-refractivity contribution < 1.29 is 19.1 Å². The second kappa shape index (κ2) is 5.81. The maximum absolute atomic E-state index is 11.8. The molecule has 2 aromatic rings. The molecule has 0 saturated heterocycles. The molecule has 0 fully saturated rings. The number of aliphatic carboxylic acids is 1. The van der Waals surface area contributed by atoms with Crippen LogP contribution >= 0.6 is 0 Å². The Morgan fingerprint density at radius 1 is 1.41 bits per heavy atom. The molecule has 6 heteroatoms. The van der Waals surface area contributed by atoms with Crippen LogP contribution in [0.2, 0.25) is 0 Å². The SMILES string of the molecule is Cc1nc(C)c(CN2CCOc3ccccc3C2C(=O)O)o1. The molecule has 2 heterocycles. The Hall–Kier alpha value is -2.34. The van der Waals surface area contributed by atoms with E-state index in [1.165, 1.54) is 0 Å². The lowest BCUT2D eigenvalue weighted by Gasteiger charge is -2.25. The Bertz CT molecular complexity index is 695. The van der Waals surface area contributed by atoms with E-state index in [2.05, 4.69) is 4.98 Å². The highest BCUT2D eigenvalue weighted by atomic mass is 16.5. The van der Waals surface area contributed by atoms with Crippen LogP contribution in [-0.2, 0) is 11.3 Å². The van der Waals surface area contributed by atoms with Crippen LogP contribution in [0, 0.1) is 13.8 Å². The number of hydrogen-bond donors (Lipinski definition) is 1. The maximum atomic E-state index is 11.8. The minimum absolute atomic E-state index is 0.390. The molecule has 1 aromatic carbocycles. The average molecular weight is 302 g/mol. The van der Waals surface area contributed by atoms with E-state index in [0.717, 1.165) is 5.69 Å².